The van der Waals surface area contributed by atoms with Gasteiger partial charge in [0.05, 0.1) is 0 Å². The first kappa shape index (κ1) is 10.7. The molecule has 0 aliphatic carbocycles. The van der Waals surface area contributed by atoms with Crippen molar-refractivity contribution in [2.45, 2.75) is 19.8 Å². The molecule has 5 heteroatoms. The Bertz CT molecular complexity index is 169. The molecule has 0 aliphatic heterocycles. The molecular weight excluding hydrogens is 165 g/mol. The van der Waals surface area contributed by atoms with E-state index in [9.17, 15) is 4.57 Å². The number of rotatable bonds is 5. The zero-order valence-electron chi connectivity index (χ0n) is 6.60. The van der Waals surface area contributed by atoms with Crippen molar-refractivity contribution in [3.05, 3.63) is 0 Å². The maximum Gasteiger partial charge on any atom is 0.201 e. The van der Waals surface area contributed by atoms with E-state index in [0.29, 0.717) is 19.0 Å². The number of nitrogens with zero attached hydrogens (tertiary/aromatic N) is 1. The number of hydrogen-bond donors (Lipinski definition) is 2. The second kappa shape index (κ2) is 5.33. The highest BCUT2D eigenvalue weighted by Gasteiger charge is 2.14. The van der Waals surface area contributed by atoms with E-state index >= 15 is 0 Å². The van der Waals surface area contributed by atoms with E-state index < -0.39 is 7.37 Å². The van der Waals surface area contributed by atoms with E-state index in [1.807, 2.05) is 6.92 Å². The molecule has 0 aromatic rings. The molecule has 0 spiro atoms. The van der Waals surface area contributed by atoms with Crippen molar-refractivity contribution < 1.29 is 14.7 Å². The van der Waals surface area contributed by atoms with Crippen molar-refractivity contribution in [3.63, 3.8) is 0 Å². The highest BCUT2D eigenvalue weighted by molar-refractivity contribution is 7.58. The molecule has 66 valence electrons. The Balaban J connectivity index is 3.64. The van der Waals surface area contributed by atoms with Crippen molar-refractivity contribution in [2.24, 2.45) is 5.16 Å². The van der Waals surface area contributed by atoms with Crippen LogP contribution in [0.3, 0.4) is 0 Å². The topological polar surface area (TPSA) is 69.9 Å². The van der Waals surface area contributed by atoms with Crippen molar-refractivity contribution in [1.82, 2.24) is 0 Å². The molecule has 2 N–H and O–H groups in total. The fraction of sp³-hybridized carbons (Fsp3) is 0.833. The van der Waals surface area contributed by atoms with Crippen LogP contribution >= 0.6 is 7.37 Å². The van der Waals surface area contributed by atoms with Gasteiger partial charge in [0.25, 0.3) is 0 Å². The highest BCUT2D eigenvalue weighted by atomic mass is 31.2. The molecule has 0 amide bonds. The van der Waals surface area contributed by atoms with Crippen molar-refractivity contribution in [1.29, 1.82) is 0 Å². The van der Waals surface area contributed by atoms with Gasteiger partial charge in [-0.3, -0.25) is 4.57 Å². The summed E-state index contributed by atoms with van der Waals surface area (Å²) in [7, 11) is -2.92. The van der Waals surface area contributed by atoms with Crippen molar-refractivity contribution >= 4 is 13.6 Å². The van der Waals surface area contributed by atoms with Gasteiger partial charge in [-0.15, -0.1) is 5.16 Å². The average molecular weight is 179 g/mol. The van der Waals surface area contributed by atoms with Crippen LogP contribution in [0.5, 0.6) is 0 Å². The quantitative estimate of drug-likeness (QED) is 0.291. The molecule has 0 rings (SSSR count). The SMILES string of the molecule is CCCP(=O)(O)CCC=NO. The Hall–Kier alpha value is -0.340. The summed E-state index contributed by atoms with van der Waals surface area (Å²) in [5.74, 6) is 0. The van der Waals surface area contributed by atoms with Gasteiger partial charge in [0.2, 0.25) is 7.37 Å². The van der Waals surface area contributed by atoms with Crippen LogP contribution in [-0.2, 0) is 4.57 Å². The maximum absolute atomic E-state index is 11.1. The minimum Gasteiger partial charge on any atom is -0.411 e. The standard InChI is InChI=1S/C6H14NO3P/c1-2-5-11(9,10)6-3-4-7-8/h4,8H,2-3,5-6H2,1H3,(H,9,10). The summed E-state index contributed by atoms with van der Waals surface area (Å²) >= 11 is 0. The molecule has 0 saturated heterocycles. The minimum atomic E-state index is -2.92. The number of oxime groups is 1. The predicted octanol–water partition coefficient (Wildman–Crippen LogP) is 1.52. The monoisotopic (exact) mass is 179 g/mol. The molecule has 0 aliphatic rings. The third-order valence-corrected chi connectivity index (χ3v) is 3.37. The molecule has 1 atom stereocenters. The summed E-state index contributed by atoms with van der Waals surface area (Å²) < 4.78 is 11.1. The Morgan fingerprint density at radius 3 is 2.64 bits per heavy atom. The molecule has 0 fully saturated rings. The van der Waals surface area contributed by atoms with E-state index in [-0.39, 0.29) is 6.16 Å². The van der Waals surface area contributed by atoms with Crippen LogP contribution in [0.1, 0.15) is 19.8 Å². The molecule has 0 saturated carbocycles. The lowest BCUT2D eigenvalue weighted by atomic mass is 10.5. The first-order valence-electron chi connectivity index (χ1n) is 3.59. The molecule has 0 heterocycles. The molecule has 4 nitrogen and oxygen atoms in total. The van der Waals surface area contributed by atoms with E-state index in [0.717, 1.165) is 0 Å². The van der Waals surface area contributed by atoms with Crippen LogP contribution < -0.4 is 0 Å². The smallest absolute Gasteiger partial charge is 0.201 e. The van der Waals surface area contributed by atoms with Crippen LogP contribution in [-0.4, -0.2) is 28.6 Å². The summed E-state index contributed by atoms with van der Waals surface area (Å²) in [6.07, 6.45) is 2.88. The van der Waals surface area contributed by atoms with Gasteiger partial charge < -0.3 is 10.1 Å². The van der Waals surface area contributed by atoms with Crippen LogP contribution in [0.2, 0.25) is 0 Å². The Morgan fingerprint density at radius 2 is 2.18 bits per heavy atom. The van der Waals surface area contributed by atoms with Gasteiger partial charge in [-0.25, -0.2) is 0 Å². The molecule has 11 heavy (non-hydrogen) atoms. The summed E-state index contributed by atoms with van der Waals surface area (Å²) in [4.78, 5) is 9.15. The molecule has 1 unspecified atom stereocenters. The van der Waals surface area contributed by atoms with Gasteiger partial charge in [-0.2, -0.15) is 0 Å². The summed E-state index contributed by atoms with van der Waals surface area (Å²) in [6.45, 7) is 1.86. The lowest BCUT2D eigenvalue weighted by Crippen LogP contribution is -1.94. The molecular formula is C6H14NO3P. The molecule has 0 bridgehead atoms. The van der Waals surface area contributed by atoms with Gasteiger partial charge in [0, 0.05) is 18.5 Å². The Labute approximate surface area is 66.4 Å². The predicted molar refractivity (Wildman–Crippen MR) is 44.7 cm³/mol. The van der Waals surface area contributed by atoms with E-state index in [1.54, 1.807) is 0 Å². The van der Waals surface area contributed by atoms with Gasteiger partial charge in [0.1, 0.15) is 0 Å². The fourth-order valence-corrected chi connectivity index (χ4v) is 2.22. The maximum atomic E-state index is 11.1. The first-order valence-corrected chi connectivity index (χ1v) is 5.62. The molecule has 0 radical (unpaired) electrons. The summed E-state index contributed by atoms with van der Waals surface area (Å²) in [6, 6.07) is 0. The molecule has 0 aromatic heterocycles. The van der Waals surface area contributed by atoms with Crippen molar-refractivity contribution in [3.8, 4) is 0 Å². The largest absolute Gasteiger partial charge is 0.411 e. The Kier molecular flexibility index (Phi) is 5.16. The van der Waals surface area contributed by atoms with E-state index in [4.69, 9.17) is 10.1 Å². The lowest BCUT2D eigenvalue weighted by Gasteiger charge is -2.06. The van der Waals surface area contributed by atoms with Crippen molar-refractivity contribution in [2.75, 3.05) is 12.3 Å². The zero-order valence-corrected chi connectivity index (χ0v) is 7.50. The molecule has 0 aromatic carbocycles. The van der Waals surface area contributed by atoms with Crippen LogP contribution in [0.4, 0.5) is 0 Å². The van der Waals surface area contributed by atoms with Crippen LogP contribution in [0.15, 0.2) is 5.16 Å². The number of hydrogen-bond acceptors (Lipinski definition) is 3. The van der Waals surface area contributed by atoms with Crippen LogP contribution in [0.25, 0.3) is 0 Å². The zero-order chi connectivity index (χ0) is 8.74. The van der Waals surface area contributed by atoms with Gasteiger partial charge in [-0.05, 0) is 12.8 Å². The van der Waals surface area contributed by atoms with Crippen LogP contribution in [0, 0.1) is 0 Å². The average Bonchev–Trinajstić information content (AvgIpc) is 1.87. The Morgan fingerprint density at radius 1 is 1.55 bits per heavy atom. The highest BCUT2D eigenvalue weighted by Crippen LogP contribution is 2.41. The minimum absolute atomic E-state index is 0.213. The third-order valence-electron chi connectivity index (χ3n) is 1.26. The van der Waals surface area contributed by atoms with Gasteiger partial charge in [-0.1, -0.05) is 6.92 Å². The second-order valence-electron chi connectivity index (χ2n) is 2.38. The third kappa shape index (κ3) is 6.07. The fourth-order valence-electron chi connectivity index (χ4n) is 0.778. The van der Waals surface area contributed by atoms with E-state index in [2.05, 4.69) is 5.16 Å². The normalized spacial score (nSPS) is 16.9. The summed E-state index contributed by atoms with van der Waals surface area (Å²) in [5, 5.41) is 10.7. The first-order chi connectivity index (χ1) is 5.12. The van der Waals surface area contributed by atoms with E-state index in [1.165, 1.54) is 6.21 Å². The van der Waals surface area contributed by atoms with Gasteiger partial charge >= 0.3 is 0 Å². The second-order valence-corrected chi connectivity index (χ2v) is 4.97. The summed E-state index contributed by atoms with van der Waals surface area (Å²) in [5.41, 5.74) is 0. The van der Waals surface area contributed by atoms with Gasteiger partial charge in [0.15, 0.2) is 0 Å². The lowest BCUT2D eigenvalue weighted by molar-refractivity contribution is 0.320.